The molecule has 134 valence electrons. The fourth-order valence-electron chi connectivity index (χ4n) is 2.27. The number of rotatable bonds is 8. The monoisotopic (exact) mass is 369 g/mol. The lowest BCUT2D eigenvalue weighted by atomic mass is 10.3. The number of nitrogens with zero attached hydrogens (tertiary/aromatic N) is 1. The van der Waals surface area contributed by atoms with Crippen LogP contribution in [0.15, 0.2) is 72.9 Å². The predicted molar refractivity (Wildman–Crippen MR) is 102 cm³/mol. The van der Waals surface area contributed by atoms with Gasteiger partial charge in [-0.25, -0.2) is 4.98 Å². The van der Waals surface area contributed by atoms with Crippen LogP contribution in [0.2, 0.25) is 5.02 Å². The lowest BCUT2D eigenvalue weighted by Crippen LogP contribution is -2.24. The van der Waals surface area contributed by atoms with Crippen LogP contribution < -0.4 is 14.2 Å². The van der Waals surface area contributed by atoms with Gasteiger partial charge in [0.15, 0.2) is 0 Å². The fourth-order valence-corrected chi connectivity index (χ4v) is 2.43. The van der Waals surface area contributed by atoms with Gasteiger partial charge in [0, 0.05) is 6.20 Å². The third-order valence-electron chi connectivity index (χ3n) is 3.70. The molecule has 0 saturated carbocycles. The van der Waals surface area contributed by atoms with Gasteiger partial charge in [0.25, 0.3) is 0 Å². The van der Waals surface area contributed by atoms with E-state index >= 15 is 0 Å². The summed E-state index contributed by atoms with van der Waals surface area (Å²) in [6, 6.07) is 20.7. The summed E-state index contributed by atoms with van der Waals surface area (Å²) in [6.45, 7) is 2.43. The molecule has 0 aliphatic heterocycles. The van der Waals surface area contributed by atoms with Crippen molar-refractivity contribution in [2.75, 3.05) is 6.61 Å². The number of aromatic nitrogens is 1. The van der Waals surface area contributed by atoms with E-state index in [0.717, 1.165) is 23.7 Å². The number of ether oxygens (including phenoxy) is 3. The first-order chi connectivity index (χ1) is 12.7. The minimum atomic E-state index is -0.136. The van der Waals surface area contributed by atoms with Crippen molar-refractivity contribution in [1.29, 1.82) is 0 Å². The van der Waals surface area contributed by atoms with Gasteiger partial charge in [0.1, 0.15) is 35.0 Å². The smallest absolute Gasteiger partial charge is 0.232 e. The van der Waals surface area contributed by atoms with Crippen molar-refractivity contribution in [3.8, 4) is 23.1 Å². The molecule has 0 radical (unpaired) electrons. The Hall–Kier alpha value is -2.72. The van der Waals surface area contributed by atoms with Crippen LogP contribution in [-0.4, -0.2) is 17.7 Å². The summed E-state index contributed by atoms with van der Waals surface area (Å²) in [4.78, 5) is 4.15. The first-order valence-electron chi connectivity index (χ1n) is 8.47. The average molecular weight is 370 g/mol. The molecule has 0 N–H and O–H groups in total. The molecule has 0 bridgehead atoms. The van der Waals surface area contributed by atoms with Gasteiger partial charge in [0.2, 0.25) is 5.88 Å². The molecule has 3 rings (SSSR count). The molecular formula is C21H20ClNO3. The third-order valence-corrected chi connectivity index (χ3v) is 3.98. The Balaban J connectivity index is 1.54. The van der Waals surface area contributed by atoms with Crippen LogP contribution in [-0.2, 0) is 0 Å². The second kappa shape index (κ2) is 9.11. The number of para-hydroxylation sites is 1. The lowest BCUT2D eigenvalue weighted by Gasteiger charge is -2.18. The van der Waals surface area contributed by atoms with Crippen molar-refractivity contribution in [3.63, 3.8) is 0 Å². The van der Waals surface area contributed by atoms with E-state index in [-0.39, 0.29) is 6.10 Å². The summed E-state index contributed by atoms with van der Waals surface area (Å²) in [5.41, 5.74) is 0. The van der Waals surface area contributed by atoms with E-state index in [1.54, 1.807) is 18.3 Å². The van der Waals surface area contributed by atoms with Gasteiger partial charge in [-0.15, -0.1) is 0 Å². The van der Waals surface area contributed by atoms with E-state index in [1.807, 2.05) is 61.5 Å². The van der Waals surface area contributed by atoms with Crippen LogP contribution in [0.25, 0.3) is 0 Å². The second-order valence-electron chi connectivity index (χ2n) is 5.64. The number of halogens is 1. The second-order valence-corrected chi connectivity index (χ2v) is 6.04. The number of hydrogen-bond donors (Lipinski definition) is 0. The van der Waals surface area contributed by atoms with Crippen molar-refractivity contribution in [1.82, 2.24) is 4.98 Å². The summed E-state index contributed by atoms with van der Waals surface area (Å²) >= 11 is 6.08. The van der Waals surface area contributed by atoms with Crippen LogP contribution in [0, 0.1) is 0 Å². The minimum Gasteiger partial charge on any atom is -0.490 e. The summed E-state index contributed by atoms with van der Waals surface area (Å²) in [6.07, 6.45) is 2.30. The van der Waals surface area contributed by atoms with Gasteiger partial charge in [-0.2, -0.15) is 0 Å². The zero-order valence-electron chi connectivity index (χ0n) is 14.5. The van der Waals surface area contributed by atoms with E-state index in [0.29, 0.717) is 17.5 Å². The highest BCUT2D eigenvalue weighted by Gasteiger charge is 2.12. The van der Waals surface area contributed by atoms with Gasteiger partial charge < -0.3 is 14.2 Å². The molecule has 1 unspecified atom stereocenters. The molecule has 5 heteroatoms. The maximum atomic E-state index is 6.08. The molecule has 26 heavy (non-hydrogen) atoms. The predicted octanol–water partition coefficient (Wildman–Crippen LogP) is 5.76. The van der Waals surface area contributed by atoms with Crippen LogP contribution in [0.4, 0.5) is 0 Å². The third kappa shape index (κ3) is 5.14. The van der Waals surface area contributed by atoms with Crippen molar-refractivity contribution in [3.05, 3.63) is 77.9 Å². The van der Waals surface area contributed by atoms with Crippen molar-refractivity contribution >= 4 is 11.6 Å². The Morgan fingerprint density at radius 3 is 2.27 bits per heavy atom. The van der Waals surface area contributed by atoms with Gasteiger partial charge >= 0.3 is 0 Å². The van der Waals surface area contributed by atoms with Gasteiger partial charge in [0.05, 0.1) is 0 Å². The molecule has 0 fully saturated rings. The van der Waals surface area contributed by atoms with Gasteiger partial charge in [-0.1, -0.05) is 36.7 Å². The molecule has 1 atom stereocenters. The molecular weight excluding hydrogens is 350 g/mol. The Morgan fingerprint density at radius 2 is 1.58 bits per heavy atom. The number of pyridine rings is 1. The fraction of sp³-hybridized carbons (Fsp3) is 0.190. The topological polar surface area (TPSA) is 40.6 Å². The van der Waals surface area contributed by atoms with Gasteiger partial charge in [-0.05, 0) is 55.0 Å². The Morgan fingerprint density at radius 1 is 0.885 bits per heavy atom. The highest BCUT2D eigenvalue weighted by Crippen LogP contribution is 2.25. The molecule has 1 aromatic heterocycles. The molecule has 0 saturated heterocycles. The average Bonchev–Trinajstić information content (AvgIpc) is 2.68. The molecule has 0 aliphatic rings. The van der Waals surface area contributed by atoms with Crippen molar-refractivity contribution < 1.29 is 14.2 Å². The summed E-state index contributed by atoms with van der Waals surface area (Å²) < 4.78 is 17.4. The Kier molecular flexibility index (Phi) is 6.34. The first kappa shape index (κ1) is 18.1. The first-order valence-corrected chi connectivity index (χ1v) is 8.85. The quantitative estimate of drug-likeness (QED) is 0.505. The largest absolute Gasteiger partial charge is 0.490 e. The van der Waals surface area contributed by atoms with E-state index < -0.39 is 0 Å². The minimum absolute atomic E-state index is 0.136. The molecule has 0 aliphatic carbocycles. The van der Waals surface area contributed by atoms with E-state index in [1.165, 1.54) is 0 Å². The number of hydrogen-bond acceptors (Lipinski definition) is 4. The zero-order valence-corrected chi connectivity index (χ0v) is 15.2. The van der Waals surface area contributed by atoms with Crippen molar-refractivity contribution in [2.24, 2.45) is 0 Å². The molecule has 0 amide bonds. The van der Waals surface area contributed by atoms with Crippen LogP contribution in [0.1, 0.15) is 13.3 Å². The van der Waals surface area contributed by atoms with Gasteiger partial charge in [-0.3, -0.25) is 0 Å². The molecule has 0 spiro atoms. The highest BCUT2D eigenvalue weighted by atomic mass is 35.5. The lowest BCUT2D eigenvalue weighted by molar-refractivity contribution is 0.120. The molecule has 1 heterocycles. The Labute approximate surface area is 158 Å². The normalized spacial score (nSPS) is 11.6. The molecule has 4 nitrogen and oxygen atoms in total. The summed E-state index contributed by atoms with van der Waals surface area (Å²) in [7, 11) is 0. The maximum absolute atomic E-state index is 6.08. The van der Waals surface area contributed by atoms with E-state index in [4.69, 9.17) is 25.8 Å². The Bertz CT molecular complexity index is 809. The van der Waals surface area contributed by atoms with Crippen LogP contribution in [0.3, 0.4) is 0 Å². The zero-order chi connectivity index (χ0) is 18.2. The highest BCUT2D eigenvalue weighted by molar-refractivity contribution is 6.31. The SMILES string of the molecule is CCC(COc1ccc(Oc2ccccc2)cc1)Oc1ncccc1Cl. The van der Waals surface area contributed by atoms with Crippen LogP contribution in [0.5, 0.6) is 23.1 Å². The molecule has 2 aromatic carbocycles. The van der Waals surface area contributed by atoms with E-state index in [2.05, 4.69) is 4.98 Å². The standard InChI is InChI=1S/C21H20ClNO3/c1-2-16(26-21-20(22)9-6-14-23-21)15-24-17-10-12-19(13-11-17)25-18-7-4-3-5-8-18/h3-14,16H,2,15H2,1H3. The summed E-state index contributed by atoms with van der Waals surface area (Å²) in [5, 5.41) is 0.494. The number of benzene rings is 2. The van der Waals surface area contributed by atoms with E-state index in [9.17, 15) is 0 Å². The molecule has 3 aromatic rings. The maximum Gasteiger partial charge on any atom is 0.232 e. The van der Waals surface area contributed by atoms with Crippen molar-refractivity contribution in [2.45, 2.75) is 19.4 Å². The summed E-state index contributed by atoms with van der Waals surface area (Å²) in [5.74, 6) is 2.73. The van der Waals surface area contributed by atoms with Crippen LogP contribution >= 0.6 is 11.6 Å².